The Kier molecular flexibility index (Phi) is 4.86. The van der Waals surface area contributed by atoms with E-state index in [-0.39, 0.29) is 17.6 Å². The maximum atomic E-state index is 12.7. The Morgan fingerprint density at radius 1 is 1.16 bits per heavy atom. The summed E-state index contributed by atoms with van der Waals surface area (Å²) in [6, 6.07) is 11.6. The molecule has 25 heavy (non-hydrogen) atoms. The van der Waals surface area contributed by atoms with Crippen LogP contribution in [0.5, 0.6) is 0 Å². The van der Waals surface area contributed by atoms with Gasteiger partial charge in [0.1, 0.15) is 0 Å². The van der Waals surface area contributed by atoms with Gasteiger partial charge in [0.05, 0.1) is 11.3 Å². The molecule has 0 bridgehead atoms. The largest absolute Gasteiger partial charge is 0.322 e. The van der Waals surface area contributed by atoms with Crippen LogP contribution in [0.3, 0.4) is 0 Å². The van der Waals surface area contributed by atoms with E-state index in [4.69, 9.17) is 11.6 Å². The lowest BCUT2D eigenvalue weighted by Gasteiger charge is -2.20. The number of ketones is 1. The maximum absolute atomic E-state index is 12.7. The first-order chi connectivity index (χ1) is 12.0. The first-order valence-corrected chi connectivity index (χ1v) is 8.36. The van der Waals surface area contributed by atoms with Crippen LogP contribution in [0.15, 0.2) is 42.5 Å². The van der Waals surface area contributed by atoms with Crippen LogP contribution in [0, 0.1) is 0 Å². The number of anilines is 2. The first-order valence-electron chi connectivity index (χ1n) is 7.98. The van der Waals surface area contributed by atoms with Gasteiger partial charge in [-0.05, 0) is 43.7 Å². The van der Waals surface area contributed by atoms with E-state index in [1.807, 2.05) is 0 Å². The number of rotatable bonds is 4. The minimum absolute atomic E-state index is 0.0186. The van der Waals surface area contributed by atoms with Gasteiger partial charge in [0.25, 0.3) is 5.91 Å². The Balaban J connectivity index is 1.91. The molecule has 2 aromatic carbocycles. The van der Waals surface area contributed by atoms with Crippen molar-refractivity contribution in [3.05, 3.63) is 58.6 Å². The summed E-state index contributed by atoms with van der Waals surface area (Å²) < 4.78 is 0. The van der Waals surface area contributed by atoms with Gasteiger partial charge in [0, 0.05) is 29.2 Å². The number of carbonyl (C=O) groups excluding carboxylic acids is 3. The van der Waals surface area contributed by atoms with Gasteiger partial charge >= 0.3 is 0 Å². The second-order valence-corrected chi connectivity index (χ2v) is 6.34. The minimum Gasteiger partial charge on any atom is -0.322 e. The van der Waals surface area contributed by atoms with Crippen molar-refractivity contribution >= 4 is 40.6 Å². The first kappa shape index (κ1) is 17.2. The van der Waals surface area contributed by atoms with Crippen LogP contribution >= 0.6 is 11.6 Å². The van der Waals surface area contributed by atoms with Gasteiger partial charge in [-0.1, -0.05) is 23.7 Å². The van der Waals surface area contributed by atoms with Crippen LogP contribution < -0.4 is 10.2 Å². The molecule has 0 saturated carbocycles. The fourth-order valence-corrected chi connectivity index (χ4v) is 3.00. The number of Topliss-reactive ketones (excluding diaryl/α,β-unsaturated/α-hetero) is 1. The van der Waals surface area contributed by atoms with Crippen LogP contribution in [0.4, 0.5) is 11.4 Å². The molecule has 1 saturated heterocycles. The van der Waals surface area contributed by atoms with Crippen LogP contribution in [0.25, 0.3) is 0 Å². The molecule has 0 aromatic heterocycles. The number of hydrogen-bond acceptors (Lipinski definition) is 3. The molecule has 128 valence electrons. The van der Waals surface area contributed by atoms with E-state index in [1.165, 1.54) is 6.92 Å². The van der Waals surface area contributed by atoms with Crippen molar-refractivity contribution in [1.82, 2.24) is 0 Å². The zero-order chi connectivity index (χ0) is 18.0. The quantitative estimate of drug-likeness (QED) is 0.844. The van der Waals surface area contributed by atoms with Crippen LogP contribution in [-0.2, 0) is 4.79 Å². The summed E-state index contributed by atoms with van der Waals surface area (Å²) in [7, 11) is 0. The average Bonchev–Trinajstić information content (AvgIpc) is 3.00. The van der Waals surface area contributed by atoms with E-state index in [0.29, 0.717) is 40.5 Å². The molecule has 6 heteroatoms. The van der Waals surface area contributed by atoms with Crippen molar-refractivity contribution in [3.63, 3.8) is 0 Å². The molecule has 3 rings (SSSR count). The van der Waals surface area contributed by atoms with Crippen molar-refractivity contribution in [1.29, 1.82) is 0 Å². The molecule has 0 unspecified atom stereocenters. The Labute approximate surface area is 150 Å². The van der Waals surface area contributed by atoms with Gasteiger partial charge in [-0.15, -0.1) is 0 Å². The SMILES string of the molecule is CC(=O)c1cccc(NC(=O)c2ccc(Cl)cc2N2CCCC2=O)c1. The summed E-state index contributed by atoms with van der Waals surface area (Å²) in [6.45, 7) is 2.04. The number of carbonyl (C=O) groups is 3. The number of halogens is 1. The standard InChI is InChI=1S/C19H17ClN2O3/c1-12(23)13-4-2-5-15(10-13)21-19(25)16-8-7-14(20)11-17(16)22-9-3-6-18(22)24/h2,4-5,7-8,10-11H,3,6,9H2,1H3,(H,21,25). The molecule has 0 aliphatic carbocycles. The topological polar surface area (TPSA) is 66.5 Å². The minimum atomic E-state index is -0.355. The summed E-state index contributed by atoms with van der Waals surface area (Å²) >= 11 is 6.06. The fourth-order valence-electron chi connectivity index (χ4n) is 2.84. The van der Waals surface area contributed by atoms with Crippen molar-refractivity contribution in [3.8, 4) is 0 Å². The van der Waals surface area contributed by atoms with Gasteiger partial charge in [-0.3, -0.25) is 14.4 Å². The molecule has 1 fully saturated rings. The molecule has 1 N–H and O–H groups in total. The van der Waals surface area contributed by atoms with Crippen LogP contribution in [0.1, 0.15) is 40.5 Å². The lowest BCUT2D eigenvalue weighted by molar-refractivity contribution is -0.117. The summed E-state index contributed by atoms with van der Waals surface area (Å²) in [5.41, 5.74) is 1.92. The molecule has 0 radical (unpaired) electrons. The monoisotopic (exact) mass is 356 g/mol. The molecular weight excluding hydrogens is 340 g/mol. The van der Waals surface area contributed by atoms with Crippen molar-refractivity contribution in [2.24, 2.45) is 0 Å². The lowest BCUT2D eigenvalue weighted by Crippen LogP contribution is -2.27. The molecular formula is C19H17ClN2O3. The average molecular weight is 357 g/mol. The van der Waals surface area contributed by atoms with E-state index < -0.39 is 0 Å². The molecule has 1 aliphatic rings. The normalized spacial score (nSPS) is 13.8. The van der Waals surface area contributed by atoms with Gasteiger partial charge in [-0.25, -0.2) is 0 Å². The summed E-state index contributed by atoms with van der Waals surface area (Å²) in [5, 5.41) is 3.24. The van der Waals surface area contributed by atoms with E-state index in [2.05, 4.69) is 5.32 Å². The predicted molar refractivity (Wildman–Crippen MR) is 97.4 cm³/mol. The smallest absolute Gasteiger partial charge is 0.257 e. The number of hydrogen-bond donors (Lipinski definition) is 1. The number of nitrogens with zero attached hydrogens (tertiary/aromatic N) is 1. The van der Waals surface area contributed by atoms with Crippen molar-refractivity contribution in [2.75, 3.05) is 16.8 Å². The zero-order valence-electron chi connectivity index (χ0n) is 13.7. The predicted octanol–water partition coefficient (Wildman–Crippen LogP) is 3.92. The highest BCUT2D eigenvalue weighted by atomic mass is 35.5. The number of nitrogens with one attached hydrogen (secondary N) is 1. The Morgan fingerprint density at radius 3 is 2.64 bits per heavy atom. The van der Waals surface area contributed by atoms with E-state index in [0.717, 1.165) is 6.42 Å². The van der Waals surface area contributed by atoms with E-state index >= 15 is 0 Å². The molecule has 2 amide bonds. The maximum Gasteiger partial charge on any atom is 0.257 e. The van der Waals surface area contributed by atoms with Gasteiger partial charge in [-0.2, -0.15) is 0 Å². The third-order valence-corrected chi connectivity index (χ3v) is 4.33. The third kappa shape index (κ3) is 3.72. The van der Waals surface area contributed by atoms with Crippen LogP contribution in [0.2, 0.25) is 5.02 Å². The molecule has 5 nitrogen and oxygen atoms in total. The van der Waals surface area contributed by atoms with Crippen molar-refractivity contribution < 1.29 is 14.4 Å². The highest BCUT2D eigenvalue weighted by molar-refractivity contribution is 6.31. The summed E-state index contributed by atoms with van der Waals surface area (Å²) in [5.74, 6) is -0.451. The van der Waals surface area contributed by atoms with Gasteiger partial charge in [0.2, 0.25) is 5.91 Å². The summed E-state index contributed by atoms with van der Waals surface area (Å²) in [4.78, 5) is 37.8. The second kappa shape index (κ2) is 7.07. The van der Waals surface area contributed by atoms with Crippen molar-refractivity contribution in [2.45, 2.75) is 19.8 Å². The Hall–Kier alpha value is -2.66. The molecule has 2 aromatic rings. The highest BCUT2D eigenvalue weighted by Gasteiger charge is 2.26. The second-order valence-electron chi connectivity index (χ2n) is 5.90. The van der Waals surface area contributed by atoms with Crippen LogP contribution in [-0.4, -0.2) is 24.1 Å². The number of benzene rings is 2. The number of amides is 2. The zero-order valence-corrected chi connectivity index (χ0v) is 14.5. The van der Waals surface area contributed by atoms with E-state index in [1.54, 1.807) is 47.4 Å². The lowest BCUT2D eigenvalue weighted by atomic mass is 10.1. The van der Waals surface area contributed by atoms with Gasteiger partial charge in [0.15, 0.2) is 5.78 Å². The van der Waals surface area contributed by atoms with Gasteiger partial charge < -0.3 is 10.2 Å². The fraction of sp³-hybridized carbons (Fsp3) is 0.211. The highest BCUT2D eigenvalue weighted by Crippen LogP contribution is 2.29. The third-order valence-electron chi connectivity index (χ3n) is 4.10. The summed E-state index contributed by atoms with van der Waals surface area (Å²) in [6.07, 6.45) is 1.22. The Morgan fingerprint density at radius 2 is 1.96 bits per heavy atom. The molecule has 0 spiro atoms. The Bertz CT molecular complexity index is 863. The van der Waals surface area contributed by atoms with E-state index in [9.17, 15) is 14.4 Å². The molecule has 1 aliphatic heterocycles. The molecule has 0 atom stereocenters. The molecule has 1 heterocycles.